The van der Waals surface area contributed by atoms with Crippen molar-refractivity contribution in [3.05, 3.63) is 0 Å². The van der Waals surface area contributed by atoms with Crippen LogP contribution in [0.25, 0.3) is 0 Å². The number of hydrogen-bond acceptors (Lipinski definition) is 1. The Hall–Kier alpha value is 0.560. The molecule has 1 aliphatic heterocycles. The highest BCUT2D eigenvalue weighted by Gasteiger charge is 2.08. The zero-order valence-corrected chi connectivity index (χ0v) is 7.06. The number of hydrogen-bond donors (Lipinski definition) is 0. The predicted molar refractivity (Wildman–Crippen MR) is 45.0 cm³/mol. The van der Waals surface area contributed by atoms with Crippen molar-refractivity contribution in [1.82, 2.24) is 0 Å². The minimum absolute atomic E-state index is 0.256. The van der Waals surface area contributed by atoms with Crippen LogP contribution < -0.4 is 0 Å². The molecule has 0 radical (unpaired) electrons. The fraction of sp³-hybridized carbons (Fsp3) is 0.833. The molecule has 0 aromatic rings. The minimum atomic E-state index is 0.256. The van der Waals surface area contributed by atoms with E-state index >= 15 is 0 Å². The van der Waals surface area contributed by atoms with Crippen LogP contribution in [-0.2, 0) is 4.74 Å². The molecule has 1 fully saturated rings. The van der Waals surface area contributed by atoms with Crippen molar-refractivity contribution in [1.29, 1.82) is 0 Å². The van der Waals surface area contributed by atoms with Gasteiger partial charge in [0.05, 0.1) is 0 Å². The van der Waals surface area contributed by atoms with Crippen LogP contribution >= 0.6 is 20.7 Å². The third kappa shape index (κ3) is 1.82. The second-order valence-corrected chi connectivity index (χ2v) is 4.58. The Bertz CT molecular complexity index is 76.6. The number of ether oxygens (including phenoxy) is 1. The molecule has 1 saturated heterocycles. The lowest BCUT2D eigenvalue weighted by atomic mass is 10.2. The molecule has 8 heavy (non-hydrogen) atoms. The summed E-state index contributed by atoms with van der Waals surface area (Å²) >= 11 is 0.256. The van der Waals surface area contributed by atoms with E-state index in [4.69, 9.17) is 4.74 Å². The van der Waals surface area contributed by atoms with E-state index < -0.39 is 0 Å². The van der Waals surface area contributed by atoms with Crippen LogP contribution in [0, 0.1) is 0 Å². The fourth-order valence-electron chi connectivity index (χ4n) is 0.823. The molecule has 1 aliphatic rings. The smallest absolute Gasteiger partial charge is 0.0475 e. The summed E-state index contributed by atoms with van der Waals surface area (Å²) in [6.45, 7) is 1.97. The van der Waals surface area contributed by atoms with Crippen molar-refractivity contribution in [3.63, 3.8) is 0 Å². The summed E-state index contributed by atoms with van der Waals surface area (Å²) < 4.78 is 10.1. The van der Waals surface area contributed by atoms with E-state index in [1.807, 2.05) is 0 Å². The Balaban J connectivity index is 2.22. The van der Waals surface area contributed by atoms with Crippen LogP contribution in [0.5, 0.6) is 0 Å². The zero-order chi connectivity index (χ0) is 5.82. The van der Waals surface area contributed by atoms with E-state index in [-0.39, 0.29) is 20.7 Å². The van der Waals surface area contributed by atoms with E-state index in [9.17, 15) is 0 Å². The maximum absolute atomic E-state index is 5.19. The molecule has 1 rings (SSSR count). The van der Waals surface area contributed by atoms with Crippen LogP contribution in [0.2, 0.25) is 0 Å². The second-order valence-electron chi connectivity index (χ2n) is 1.94. The molecular weight excluding hydrogens is 215 g/mol. The molecule has 0 aromatic carbocycles. The lowest BCUT2D eigenvalue weighted by Gasteiger charge is -2.17. The standard InChI is InChI=1S/C6H11IO/c1-7-6-2-4-8-5-3-6/h6H,1-5H2. The third-order valence-electron chi connectivity index (χ3n) is 1.37. The summed E-state index contributed by atoms with van der Waals surface area (Å²) in [5, 5.41) is 0. The van der Waals surface area contributed by atoms with Crippen molar-refractivity contribution < 1.29 is 4.74 Å². The quantitative estimate of drug-likeness (QED) is 0.487. The topological polar surface area (TPSA) is 9.23 Å². The molecule has 0 N–H and O–H groups in total. The Kier molecular flexibility index (Phi) is 2.97. The summed E-state index contributed by atoms with van der Waals surface area (Å²) in [6, 6.07) is 0. The van der Waals surface area contributed by atoms with Gasteiger partial charge < -0.3 is 4.74 Å². The van der Waals surface area contributed by atoms with Crippen LogP contribution in [0.4, 0.5) is 0 Å². The van der Waals surface area contributed by atoms with Gasteiger partial charge in [0.1, 0.15) is 0 Å². The molecule has 0 spiro atoms. The first-order valence-electron chi connectivity index (χ1n) is 2.88. The van der Waals surface area contributed by atoms with Crippen molar-refractivity contribution in [2.24, 2.45) is 0 Å². The first-order chi connectivity index (χ1) is 3.93. The normalized spacial score (nSPS) is 23.5. The Morgan fingerprint density at radius 2 is 2.00 bits per heavy atom. The van der Waals surface area contributed by atoms with Gasteiger partial charge in [0, 0.05) is 17.1 Å². The first-order valence-corrected chi connectivity index (χ1v) is 5.65. The van der Waals surface area contributed by atoms with Crippen LogP contribution in [0.3, 0.4) is 0 Å². The minimum Gasteiger partial charge on any atom is -0.381 e. The first kappa shape index (κ1) is 6.68. The average Bonchev–Trinajstić information content (AvgIpc) is 1.90. The SMILES string of the molecule is C=IC1CCOCC1. The van der Waals surface area contributed by atoms with Gasteiger partial charge in [-0.2, -0.15) is 0 Å². The van der Waals surface area contributed by atoms with Gasteiger partial charge in [-0.3, -0.25) is 0 Å². The lowest BCUT2D eigenvalue weighted by Crippen LogP contribution is -2.14. The molecule has 0 atom stereocenters. The molecule has 0 saturated carbocycles. The average molecular weight is 226 g/mol. The molecule has 2 heteroatoms. The molecule has 48 valence electrons. The predicted octanol–water partition coefficient (Wildman–Crippen LogP) is 1.57. The van der Waals surface area contributed by atoms with Gasteiger partial charge in [0.2, 0.25) is 0 Å². The highest BCUT2D eigenvalue weighted by molar-refractivity contribution is 14.2. The van der Waals surface area contributed by atoms with Crippen LogP contribution in [0.15, 0.2) is 0 Å². The van der Waals surface area contributed by atoms with Crippen LogP contribution in [0.1, 0.15) is 12.8 Å². The molecule has 0 bridgehead atoms. The lowest BCUT2D eigenvalue weighted by molar-refractivity contribution is 0.102. The summed E-state index contributed by atoms with van der Waals surface area (Å²) in [6.07, 6.45) is 2.55. The van der Waals surface area contributed by atoms with Gasteiger partial charge in [-0.25, -0.2) is 0 Å². The zero-order valence-electron chi connectivity index (χ0n) is 4.90. The molecule has 0 aromatic heterocycles. The van der Waals surface area contributed by atoms with Gasteiger partial charge in [-0.15, -0.1) is 20.7 Å². The highest BCUT2D eigenvalue weighted by atomic mass is 127. The summed E-state index contributed by atoms with van der Waals surface area (Å²) in [7, 11) is 0. The Morgan fingerprint density at radius 3 is 2.38 bits per heavy atom. The maximum Gasteiger partial charge on any atom is 0.0475 e. The molecule has 1 heterocycles. The summed E-state index contributed by atoms with van der Waals surface area (Å²) in [5.41, 5.74) is 0. The molecular formula is C6H11IO. The largest absolute Gasteiger partial charge is 0.381 e. The van der Waals surface area contributed by atoms with E-state index in [0.717, 1.165) is 17.1 Å². The maximum atomic E-state index is 5.19. The second kappa shape index (κ2) is 3.56. The van der Waals surface area contributed by atoms with Gasteiger partial charge in [-0.1, -0.05) is 4.51 Å². The van der Waals surface area contributed by atoms with Crippen molar-refractivity contribution in [3.8, 4) is 0 Å². The van der Waals surface area contributed by atoms with Gasteiger partial charge in [0.25, 0.3) is 0 Å². The van der Waals surface area contributed by atoms with E-state index in [1.54, 1.807) is 0 Å². The molecule has 0 aliphatic carbocycles. The molecule has 1 nitrogen and oxygen atoms in total. The van der Waals surface area contributed by atoms with Gasteiger partial charge in [0.15, 0.2) is 0 Å². The van der Waals surface area contributed by atoms with Crippen LogP contribution in [-0.4, -0.2) is 21.7 Å². The highest BCUT2D eigenvalue weighted by Crippen LogP contribution is 2.18. The molecule has 0 unspecified atom stereocenters. The van der Waals surface area contributed by atoms with E-state index in [0.29, 0.717) is 0 Å². The molecule has 0 amide bonds. The monoisotopic (exact) mass is 226 g/mol. The summed E-state index contributed by atoms with van der Waals surface area (Å²) in [5.74, 6) is 0. The fourth-order valence-corrected chi connectivity index (χ4v) is 2.21. The Labute approximate surface area is 60.2 Å². The van der Waals surface area contributed by atoms with E-state index in [1.165, 1.54) is 12.8 Å². The third-order valence-corrected chi connectivity index (χ3v) is 3.86. The number of rotatable bonds is 1. The Morgan fingerprint density at radius 1 is 1.38 bits per heavy atom. The number of halogens is 1. The van der Waals surface area contributed by atoms with Gasteiger partial charge >= 0.3 is 0 Å². The van der Waals surface area contributed by atoms with Crippen molar-refractivity contribution in [2.45, 2.75) is 16.8 Å². The van der Waals surface area contributed by atoms with Gasteiger partial charge in [-0.05, 0) is 12.8 Å². The van der Waals surface area contributed by atoms with E-state index in [2.05, 4.69) is 4.51 Å². The van der Waals surface area contributed by atoms with Crippen molar-refractivity contribution >= 4 is 25.2 Å². The van der Waals surface area contributed by atoms with Crippen molar-refractivity contribution in [2.75, 3.05) is 13.2 Å². The number of alkyl halides is 1. The summed E-state index contributed by atoms with van der Waals surface area (Å²) in [4.78, 5) is 0.